The van der Waals surface area contributed by atoms with Gasteiger partial charge in [-0.15, -0.1) is 0 Å². The zero-order chi connectivity index (χ0) is 20.0. The zero-order valence-electron chi connectivity index (χ0n) is 14.3. The monoisotopic (exact) mass is 427 g/mol. The maximum Gasteiger partial charge on any atom is 0.266 e. The molecule has 0 amide bonds. The number of aliphatic hydroxyl groups is 1. The van der Waals surface area contributed by atoms with Crippen molar-refractivity contribution in [2.75, 3.05) is 11.3 Å². The van der Waals surface area contributed by atoms with E-state index >= 15 is 0 Å². The Hall–Kier alpha value is -2.25. The second kappa shape index (κ2) is 6.73. The van der Waals surface area contributed by atoms with Crippen molar-refractivity contribution in [1.82, 2.24) is 14.8 Å². The van der Waals surface area contributed by atoms with Gasteiger partial charge < -0.3 is 10.1 Å². The van der Waals surface area contributed by atoms with Crippen LogP contribution in [0.1, 0.15) is 19.4 Å². The van der Waals surface area contributed by atoms with Crippen LogP contribution in [0.25, 0.3) is 10.9 Å². The standard InChI is InChI=1S/C16H15Cl2N5O3S/c1-16(2,8-24)23-7-12(15(18)21-23)27(25,26)22-11-4-3-10(17)13-9(5-19)6-20-14(11)13/h3-4,6-7,20,22,24H,8H2,1-2H3. The number of nitriles is 1. The van der Waals surface area contributed by atoms with Crippen LogP contribution in [-0.4, -0.2) is 34.9 Å². The second-order valence-electron chi connectivity index (χ2n) is 6.46. The molecule has 0 atom stereocenters. The van der Waals surface area contributed by atoms with Crippen LogP contribution in [0, 0.1) is 11.3 Å². The van der Waals surface area contributed by atoms with Gasteiger partial charge in [-0.2, -0.15) is 10.4 Å². The number of halogens is 2. The molecule has 11 heteroatoms. The highest BCUT2D eigenvalue weighted by molar-refractivity contribution is 7.92. The van der Waals surface area contributed by atoms with E-state index in [-0.39, 0.29) is 22.3 Å². The highest BCUT2D eigenvalue weighted by Crippen LogP contribution is 2.33. The lowest BCUT2D eigenvalue weighted by molar-refractivity contribution is 0.152. The lowest BCUT2D eigenvalue weighted by Gasteiger charge is -2.21. The fourth-order valence-electron chi connectivity index (χ4n) is 2.48. The Balaban J connectivity index is 2.07. The summed E-state index contributed by atoms with van der Waals surface area (Å²) >= 11 is 12.2. The number of rotatable bonds is 5. The van der Waals surface area contributed by atoms with E-state index in [9.17, 15) is 18.8 Å². The summed E-state index contributed by atoms with van der Waals surface area (Å²) in [5, 5.41) is 23.1. The number of aliphatic hydroxyl groups excluding tert-OH is 1. The van der Waals surface area contributed by atoms with Gasteiger partial charge in [0.05, 0.1) is 33.9 Å². The van der Waals surface area contributed by atoms with E-state index in [1.807, 2.05) is 6.07 Å². The van der Waals surface area contributed by atoms with Crippen LogP contribution in [0.4, 0.5) is 5.69 Å². The fourth-order valence-corrected chi connectivity index (χ4v) is 4.24. The van der Waals surface area contributed by atoms with Crippen LogP contribution in [-0.2, 0) is 15.6 Å². The van der Waals surface area contributed by atoms with Gasteiger partial charge in [-0.1, -0.05) is 23.2 Å². The molecule has 0 aliphatic heterocycles. The van der Waals surface area contributed by atoms with E-state index in [1.54, 1.807) is 13.8 Å². The number of H-pyrrole nitrogens is 1. The van der Waals surface area contributed by atoms with E-state index in [0.717, 1.165) is 0 Å². The van der Waals surface area contributed by atoms with Gasteiger partial charge in [0, 0.05) is 17.8 Å². The van der Waals surface area contributed by atoms with Crippen molar-refractivity contribution in [2.24, 2.45) is 0 Å². The Bertz CT molecular complexity index is 1170. The number of nitrogens with zero attached hydrogens (tertiary/aromatic N) is 3. The molecule has 0 radical (unpaired) electrons. The topological polar surface area (TPSA) is 124 Å². The summed E-state index contributed by atoms with van der Waals surface area (Å²) in [5.41, 5.74) is 0.0566. The Labute approximate surface area is 165 Å². The molecule has 0 unspecified atom stereocenters. The van der Waals surface area contributed by atoms with Gasteiger partial charge in [-0.3, -0.25) is 9.40 Å². The Morgan fingerprint density at radius 2 is 2.11 bits per heavy atom. The molecule has 3 rings (SSSR count). The SMILES string of the molecule is CC(C)(CO)n1cc(S(=O)(=O)Nc2ccc(Cl)c3c(C#N)c[nH]c23)c(Cl)n1. The van der Waals surface area contributed by atoms with Gasteiger partial charge in [0.2, 0.25) is 0 Å². The molecular formula is C16H15Cl2N5O3S. The Kier molecular flexibility index (Phi) is 4.86. The average molecular weight is 428 g/mol. The number of aromatic amines is 1. The molecule has 0 saturated heterocycles. The molecule has 1 aromatic carbocycles. The second-order valence-corrected chi connectivity index (χ2v) is 8.88. The van der Waals surface area contributed by atoms with E-state index < -0.39 is 15.6 Å². The third-order valence-electron chi connectivity index (χ3n) is 4.08. The highest BCUT2D eigenvalue weighted by Gasteiger charge is 2.28. The normalized spacial score (nSPS) is 12.3. The van der Waals surface area contributed by atoms with Gasteiger partial charge in [0.15, 0.2) is 5.15 Å². The van der Waals surface area contributed by atoms with Crippen molar-refractivity contribution in [2.45, 2.75) is 24.3 Å². The number of fused-ring (bicyclic) bond motifs is 1. The lowest BCUT2D eigenvalue weighted by Crippen LogP contribution is -2.30. The first-order chi connectivity index (χ1) is 12.6. The van der Waals surface area contributed by atoms with Gasteiger partial charge in [0.25, 0.3) is 10.0 Å². The van der Waals surface area contributed by atoms with Gasteiger partial charge >= 0.3 is 0 Å². The molecule has 142 valence electrons. The summed E-state index contributed by atoms with van der Waals surface area (Å²) in [6.45, 7) is 3.12. The number of benzene rings is 1. The minimum Gasteiger partial charge on any atom is -0.394 e. The van der Waals surface area contributed by atoms with E-state index in [0.29, 0.717) is 21.5 Å². The maximum atomic E-state index is 12.8. The van der Waals surface area contributed by atoms with Crippen LogP contribution in [0.2, 0.25) is 10.2 Å². The quantitative estimate of drug-likeness (QED) is 0.576. The summed E-state index contributed by atoms with van der Waals surface area (Å²) in [5.74, 6) is 0. The van der Waals surface area contributed by atoms with Gasteiger partial charge in [-0.05, 0) is 26.0 Å². The van der Waals surface area contributed by atoms with E-state index in [1.165, 1.54) is 29.2 Å². The van der Waals surface area contributed by atoms with Crippen molar-refractivity contribution in [1.29, 1.82) is 5.26 Å². The minimum atomic E-state index is -4.09. The minimum absolute atomic E-state index is 0.209. The zero-order valence-corrected chi connectivity index (χ0v) is 16.6. The molecule has 2 heterocycles. The summed E-state index contributed by atoms with van der Waals surface area (Å²) in [7, 11) is -4.09. The summed E-state index contributed by atoms with van der Waals surface area (Å²) < 4.78 is 29.4. The van der Waals surface area contributed by atoms with Crippen molar-refractivity contribution >= 4 is 49.8 Å². The molecule has 2 aromatic heterocycles. The molecule has 0 aliphatic carbocycles. The predicted octanol–water partition coefficient (Wildman–Crippen LogP) is 3.07. The number of sulfonamides is 1. The number of anilines is 1. The molecular weight excluding hydrogens is 413 g/mol. The van der Waals surface area contributed by atoms with Crippen molar-refractivity contribution < 1.29 is 13.5 Å². The Morgan fingerprint density at radius 1 is 1.41 bits per heavy atom. The van der Waals surface area contributed by atoms with Crippen molar-refractivity contribution in [3.05, 3.63) is 40.3 Å². The molecule has 3 aromatic rings. The third-order valence-corrected chi connectivity index (χ3v) is 6.16. The first-order valence-electron chi connectivity index (χ1n) is 7.70. The molecule has 0 bridgehead atoms. The number of hydrogen-bond donors (Lipinski definition) is 3. The van der Waals surface area contributed by atoms with E-state index in [2.05, 4.69) is 14.8 Å². The maximum absolute atomic E-state index is 12.8. The third kappa shape index (κ3) is 3.37. The van der Waals surface area contributed by atoms with Crippen molar-refractivity contribution in [3.8, 4) is 6.07 Å². The van der Waals surface area contributed by atoms with Gasteiger partial charge in [0.1, 0.15) is 11.0 Å². The van der Waals surface area contributed by atoms with Crippen molar-refractivity contribution in [3.63, 3.8) is 0 Å². The highest BCUT2D eigenvalue weighted by atomic mass is 35.5. The number of hydrogen-bond acceptors (Lipinski definition) is 5. The Morgan fingerprint density at radius 3 is 2.74 bits per heavy atom. The molecule has 0 spiro atoms. The fraction of sp³-hybridized carbons (Fsp3) is 0.250. The summed E-state index contributed by atoms with van der Waals surface area (Å²) in [6.07, 6.45) is 2.70. The molecule has 0 saturated carbocycles. The molecule has 0 aliphatic rings. The summed E-state index contributed by atoms with van der Waals surface area (Å²) in [4.78, 5) is 2.62. The lowest BCUT2D eigenvalue weighted by atomic mass is 10.1. The molecule has 27 heavy (non-hydrogen) atoms. The van der Waals surface area contributed by atoms with E-state index in [4.69, 9.17) is 23.2 Å². The van der Waals surface area contributed by atoms with Crippen LogP contribution in [0.15, 0.2) is 29.4 Å². The van der Waals surface area contributed by atoms with Crippen LogP contribution >= 0.6 is 23.2 Å². The number of aromatic nitrogens is 3. The smallest absolute Gasteiger partial charge is 0.266 e. The van der Waals surface area contributed by atoms with Crippen LogP contribution in [0.5, 0.6) is 0 Å². The first-order valence-corrected chi connectivity index (χ1v) is 9.93. The van der Waals surface area contributed by atoms with Gasteiger partial charge in [-0.25, -0.2) is 8.42 Å². The van der Waals surface area contributed by atoms with Crippen LogP contribution in [0.3, 0.4) is 0 Å². The average Bonchev–Trinajstić information content (AvgIpc) is 3.22. The first kappa shape index (κ1) is 19.5. The molecule has 3 N–H and O–H groups in total. The molecule has 8 nitrogen and oxygen atoms in total. The van der Waals surface area contributed by atoms with Crippen LogP contribution < -0.4 is 4.72 Å². The summed E-state index contributed by atoms with van der Waals surface area (Å²) in [6, 6.07) is 4.98. The molecule has 0 fully saturated rings. The predicted molar refractivity (Wildman–Crippen MR) is 102 cm³/mol. The number of nitrogens with one attached hydrogen (secondary N) is 2. The largest absolute Gasteiger partial charge is 0.394 e.